The van der Waals surface area contributed by atoms with Gasteiger partial charge in [-0.2, -0.15) is 0 Å². The van der Waals surface area contributed by atoms with Crippen LogP contribution in [-0.4, -0.2) is 12.4 Å². The van der Waals surface area contributed by atoms with Gasteiger partial charge in [0.25, 0.3) is 0 Å². The van der Waals surface area contributed by atoms with Gasteiger partial charge in [-0.05, 0) is 76.4 Å². The molecule has 0 N–H and O–H groups in total. The number of benzene rings is 5. The van der Waals surface area contributed by atoms with Crippen molar-refractivity contribution in [1.82, 2.24) is 0 Å². The quantitative estimate of drug-likeness (QED) is 0.213. The molecule has 1 heterocycles. The fourth-order valence-corrected chi connectivity index (χ4v) is 7.58. The summed E-state index contributed by atoms with van der Waals surface area (Å²) in [5, 5.41) is 6.71. The van der Waals surface area contributed by atoms with Crippen LogP contribution in [0.4, 0.5) is 11.4 Å². The zero-order valence-corrected chi connectivity index (χ0v) is 21.9. The molecule has 0 aliphatic carbocycles. The first-order valence-corrected chi connectivity index (χ1v) is 13.8. The number of hydrogen-bond acceptors (Lipinski definition) is 2. The van der Waals surface area contributed by atoms with Crippen LogP contribution in [0.5, 0.6) is 0 Å². The van der Waals surface area contributed by atoms with Crippen LogP contribution in [0.1, 0.15) is 22.3 Å². The van der Waals surface area contributed by atoms with Crippen LogP contribution < -0.4 is 0 Å². The number of aryl methyl sites for hydroxylation is 2. The monoisotopic (exact) mass is 494 g/mol. The Labute approximate surface area is 218 Å². The molecule has 6 rings (SSSR count). The molecule has 0 aliphatic heterocycles. The third kappa shape index (κ3) is 4.65. The Balaban J connectivity index is 1.57. The average Bonchev–Trinajstić information content (AvgIpc) is 3.23. The molecule has 2 nitrogen and oxygen atoms in total. The molecular formula is C34H27N2P. The average molecular weight is 495 g/mol. The molecule has 3 heteroatoms. The number of rotatable bonds is 5. The molecule has 37 heavy (non-hydrogen) atoms. The maximum absolute atomic E-state index is 4.89. The van der Waals surface area contributed by atoms with Gasteiger partial charge in [0, 0.05) is 22.7 Å². The van der Waals surface area contributed by atoms with E-state index in [4.69, 9.17) is 9.98 Å². The van der Waals surface area contributed by atoms with Crippen LogP contribution in [0.3, 0.4) is 0 Å². The van der Waals surface area contributed by atoms with E-state index in [1.165, 1.54) is 37.4 Å². The number of aliphatic imine (C=N–C) groups is 2. The third-order valence-electron chi connectivity index (χ3n) is 6.72. The lowest BCUT2D eigenvalue weighted by Gasteiger charge is -2.06. The maximum Gasteiger partial charge on any atom is 0.0665 e. The van der Waals surface area contributed by atoms with Gasteiger partial charge in [-0.15, -0.1) is 0 Å². The van der Waals surface area contributed by atoms with Crippen molar-refractivity contribution in [2.24, 2.45) is 9.98 Å². The molecule has 1 aromatic heterocycles. The van der Waals surface area contributed by atoms with E-state index in [0.29, 0.717) is 0 Å². The fraction of sp³-hybridized carbons (Fsp3) is 0.0588. The summed E-state index contributed by atoms with van der Waals surface area (Å²) in [7, 11) is -0.639. The fourth-order valence-electron chi connectivity index (χ4n) is 4.79. The second-order valence-corrected chi connectivity index (χ2v) is 11.5. The molecule has 0 saturated heterocycles. The number of hydrogen-bond donors (Lipinski definition) is 0. The van der Waals surface area contributed by atoms with Gasteiger partial charge < -0.3 is 0 Å². The van der Waals surface area contributed by atoms with Gasteiger partial charge in [0.1, 0.15) is 0 Å². The highest BCUT2D eigenvalue weighted by molar-refractivity contribution is 7.67. The summed E-state index contributed by atoms with van der Waals surface area (Å²) in [6, 6.07) is 40.7. The van der Waals surface area contributed by atoms with Crippen molar-refractivity contribution in [2.75, 3.05) is 0 Å². The minimum atomic E-state index is -0.639. The van der Waals surface area contributed by atoms with E-state index in [1.807, 2.05) is 48.8 Å². The van der Waals surface area contributed by atoms with Gasteiger partial charge in [0.05, 0.1) is 11.4 Å². The van der Waals surface area contributed by atoms with Crippen LogP contribution in [0.15, 0.2) is 125 Å². The van der Waals surface area contributed by atoms with E-state index in [2.05, 4.69) is 92.7 Å². The van der Waals surface area contributed by atoms with Gasteiger partial charge in [0.15, 0.2) is 0 Å². The van der Waals surface area contributed by atoms with Crippen molar-refractivity contribution in [3.05, 3.63) is 138 Å². The highest BCUT2D eigenvalue weighted by atomic mass is 31.1. The molecular weight excluding hydrogens is 467 g/mol. The van der Waals surface area contributed by atoms with Crippen LogP contribution in [-0.2, 0) is 0 Å². The Morgan fingerprint density at radius 3 is 1.35 bits per heavy atom. The molecule has 0 radical (unpaired) electrons. The van der Waals surface area contributed by atoms with E-state index in [9.17, 15) is 0 Å². The zero-order chi connectivity index (χ0) is 25.2. The molecule has 0 bridgehead atoms. The van der Waals surface area contributed by atoms with Crippen LogP contribution in [0, 0.1) is 13.8 Å². The molecule has 0 spiro atoms. The standard InChI is InChI=1S/C34H27N2P/c1-24-18-33-29(20-31(24)35-22-26-12-6-3-7-13-26)30-21-32(36-23-27-14-8-4-9-15-27)25(2)19-34(30)37(33)28-16-10-5-11-17-28/h3-23H,1-2H3/b35-22+,36-23+. The molecule has 178 valence electrons. The molecule has 0 atom stereocenters. The van der Waals surface area contributed by atoms with Gasteiger partial charge in [-0.25, -0.2) is 0 Å². The molecule has 0 unspecified atom stereocenters. The smallest absolute Gasteiger partial charge is 0.0665 e. The van der Waals surface area contributed by atoms with Crippen molar-refractivity contribution in [3.63, 3.8) is 0 Å². The Kier molecular flexibility index (Phi) is 6.26. The minimum Gasteiger partial charge on any atom is -0.256 e. The van der Waals surface area contributed by atoms with E-state index in [-0.39, 0.29) is 0 Å². The predicted molar refractivity (Wildman–Crippen MR) is 162 cm³/mol. The second-order valence-electron chi connectivity index (χ2n) is 9.32. The first-order chi connectivity index (χ1) is 18.2. The minimum absolute atomic E-state index is 0.639. The van der Waals surface area contributed by atoms with E-state index >= 15 is 0 Å². The van der Waals surface area contributed by atoms with Crippen LogP contribution >= 0.6 is 7.53 Å². The summed E-state index contributed by atoms with van der Waals surface area (Å²) in [5.41, 5.74) is 6.61. The number of fused-ring (bicyclic) bond motifs is 3. The van der Waals surface area contributed by atoms with Crippen molar-refractivity contribution in [2.45, 2.75) is 13.8 Å². The van der Waals surface area contributed by atoms with Crippen molar-refractivity contribution in [1.29, 1.82) is 0 Å². The largest absolute Gasteiger partial charge is 0.256 e. The Morgan fingerprint density at radius 2 is 0.919 bits per heavy atom. The summed E-state index contributed by atoms with van der Waals surface area (Å²) in [4.78, 5) is 9.79. The molecule has 5 aromatic carbocycles. The van der Waals surface area contributed by atoms with E-state index in [0.717, 1.165) is 22.5 Å². The first-order valence-electron chi connectivity index (χ1n) is 12.5. The molecule has 0 fully saturated rings. The summed E-state index contributed by atoms with van der Waals surface area (Å²) >= 11 is 0. The van der Waals surface area contributed by atoms with Crippen LogP contribution in [0.25, 0.3) is 26.3 Å². The van der Waals surface area contributed by atoms with Gasteiger partial charge in [-0.1, -0.05) is 98.5 Å². The normalized spacial score (nSPS) is 11.8. The second kappa shape index (κ2) is 10.0. The topological polar surface area (TPSA) is 24.7 Å². The lowest BCUT2D eigenvalue weighted by Crippen LogP contribution is -1.81. The molecule has 6 aromatic rings. The highest BCUT2D eigenvalue weighted by Gasteiger charge is 2.17. The lowest BCUT2D eigenvalue weighted by atomic mass is 10.1. The Morgan fingerprint density at radius 1 is 0.514 bits per heavy atom. The maximum atomic E-state index is 4.89. The van der Waals surface area contributed by atoms with Gasteiger partial charge in [0.2, 0.25) is 0 Å². The number of nitrogens with zero attached hydrogens (tertiary/aromatic N) is 2. The Bertz CT molecular complexity index is 1650. The van der Waals surface area contributed by atoms with Crippen molar-refractivity contribution >= 4 is 52.3 Å². The van der Waals surface area contributed by atoms with E-state index in [1.54, 1.807) is 0 Å². The molecule has 0 saturated carbocycles. The van der Waals surface area contributed by atoms with E-state index < -0.39 is 7.53 Å². The first kappa shape index (κ1) is 23.2. The summed E-state index contributed by atoms with van der Waals surface area (Å²) in [6.07, 6.45) is 3.91. The molecule has 0 amide bonds. The lowest BCUT2D eigenvalue weighted by molar-refractivity contribution is 1.43. The summed E-state index contributed by atoms with van der Waals surface area (Å²) < 4.78 is 0. The van der Waals surface area contributed by atoms with Gasteiger partial charge in [-0.3, -0.25) is 9.98 Å². The summed E-state index contributed by atoms with van der Waals surface area (Å²) in [5.74, 6) is 0. The Hall–Kier alpha value is -4.26. The van der Waals surface area contributed by atoms with Crippen molar-refractivity contribution < 1.29 is 0 Å². The summed E-state index contributed by atoms with van der Waals surface area (Å²) in [6.45, 7) is 4.33. The van der Waals surface area contributed by atoms with Crippen molar-refractivity contribution in [3.8, 4) is 5.30 Å². The highest BCUT2D eigenvalue weighted by Crippen LogP contribution is 2.56. The molecule has 0 aliphatic rings. The van der Waals surface area contributed by atoms with Crippen LogP contribution in [0.2, 0.25) is 0 Å². The van der Waals surface area contributed by atoms with Gasteiger partial charge >= 0.3 is 0 Å². The zero-order valence-electron chi connectivity index (χ0n) is 21.0. The third-order valence-corrected chi connectivity index (χ3v) is 9.24. The SMILES string of the molecule is Cc1cc2c(cc1/N=C/c1ccccc1)c1cc(/N=C/c3ccccc3)c(C)cc1p2-c1ccccc1. The predicted octanol–water partition coefficient (Wildman–Crippen LogP) is 10.1.